The lowest BCUT2D eigenvalue weighted by atomic mass is 10.0. The van der Waals surface area contributed by atoms with Gasteiger partial charge in [-0.15, -0.1) is 0 Å². The van der Waals surface area contributed by atoms with Crippen molar-refractivity contribution in [1.29, 1.82) is 0 Å². The Morgan fingerprint density at radius 2 is 2.07 bits per heavy atom. The summed E-state index contributed by atoms with van der Waals surface area (Å²) in [6.45, 7) is 2.86. The maximum Gasteiger partial charge on any atom is 0.0624 e. The molecule has 0 aliphatic heterocycles. The van der Waals surface area contributed by atoms with E-state index >= 15 is 0 Å². The lowest BCUT2D eigenvalue weighted by Crippen LogP contribution is -2.11. The molecule has 0 saturated carbocycles. The molecule has 0 aliphatic rings. The zero-order valence-electron chi connectivity index (χ0n) is 8.26. The number of hydrogen-bond acceptors (Lipinski definition) is 1. The van der Waals surface area contributed by atoms with Crippen molar-refractivity contribution in [2.45, 2.75) is 19.8 Å². The number of nitrogens with two attached hydrogens (primary N) is 1. The Morgan fingerprint density at radius 1 is 1.36 bits per heavy atom. The van der Waals surface area contributed by atoms with E-state index in [2.05, 4.69) is 6.92 Å². The topological polar surface area (TPSA) is 26.0 Å². The summed E-state index contributed by atoms with van der Waals surface area (Å²) >= 11 is 12.0. The van der Waals surface area contributed by atoms with Gasteiger partial charge in [0.25, 0.3) is 0 Å². The second-order valence-corrected chi connectivity index (χ2v) is 4.38. The van der Waals surface area contributed by atoms with E-state index in [4.69, 9.17) is 28.9 Å². The van der Waals surface area contributed by atoms with Gasteiger partial charge in [0.15, 0.2) is 0 Å². The molecule has 0 heterocycles. The van der Waals surface area contributed by atoms with Crippen molar-refractivity contribution in [1.82, 2.24) is 0 Å². The standard InChI is InChI=1S/C11H15Cl2N/c1-8(7-14)5-6-9-3-2-4-10(12)11(9)13/h2-4,8H,5-7,14H2,1H3. The second-order valence-electron chi connectivity index (χ2n) is 3.59. The van der Waals surface area contributed by atoms with E-state index in [1.54, 1.807) is 6.07 Å². The molecular weight excluding hydrogens is 217 g/mol. The van der Waals surface area contributed by atoms with Crippen LogP contribution in [0.1, 0.15) is 18.9 Å². The van der Waals surface area contributed by atoms with Gasteiger partial charge in [0.05, 0.1) is 10.0 Å². The van der Waals surface area contributed by atoms with Crippen molar-refractivity contribution in [3.05, 3.63) is 33.8 Å². The molecule has 1 nitrogen and oxygen atoms in total. The molecular formula is C11H15Cl2N. The lowest BCUT2D eigenvalue weighted by Gasteiger charge is -2.09. The van der Waals surface area contributed by atoms with Crippen LogP contribution in [-0.2, 0) is 6.42 Å². The fraction of sp³-hybridized carbons (Fsp3) is 0.455. The molecule has 1 unspecified atom stereocenters. The zero-order valence-corrected chi connectivity index (χ0v) is 9.78. The molecule has 2 N–H and O–H groups in total. The first-order chi connectivity index (χ1) is 6.65. The summed E-state index contributed by atoms with van der Waals surface area (Å²) in [5, 5.41) is 1.31. The van der Waals surface area contributed by atoms with E-state index in [9.17, 15) is 0 Å². The van der Waals surface area contributed by atoms with Gasteiger partial charge in [0.2, 0.25) is 0 Å². The molecule has 0 radical (unpaired) electrons. The summed E-state index contributed by atoms with van der Waals surface area (Å²) in [5.41, 5.74) is 6.66. The molecule has 0 aliphatic carbocycles. The van der Waals surface area contributed by atoms with E-state index in [1.807, 2.05) is 12.1 Å². The fourth-order valence-corrected chi connectivity index (χ4v) is 1.68. The summed E-state index contributed by atoms with van der Waals surface area (Å²) in [6.07, 6.45) is 1.99. The average molecular weight is 232 g/mol. The smallest absolute Gasteiger partial charge is 0.0624 e. The lowest BCUT2D eigenvalue weighted by molar-refractivity contribution is 0.545. The van der Waals surface area contributed by atoms with Crippen LogP contribution in [0.5, 0.6) is 0 Å². The number of halogens is 2. The first-order valence-electron chi connectivity index (χ1n) is 4.78. The first kappa shape index (κ1) is 11.8. The van der Waals surface area contributed by atoms with Crippen LogP contribution in [0.25, 0.3) is 0 Å². The third-order valence-corrected chi connectivity index (χ3v) is 3.20. The van der Waals surface area contributed by atoms with Gasteiger partial charge in [-0.1, -0.05) is 42.3 Å². The predicted molar refractivity (Wildman–Crippen MR) is 63.0 cm³/mol. The van der Waals surface area contributed by atoms with Gasteiger partial charge in [-0.05, 0) is 36.9 Å². The van der Waals surface area contributed by atoms with E-state index in [1.165, 1.54) is 0 Å². The van der Waals surface area contributed by atoms with Gasteiger partial charge in [0, 0.05) is 0 Å². The van der Waals surface area contributed by atoms with E-state index in [0.29, 0.717) is 16.0 Å². The highest BCUT2D eigenvalue weighted by Crippen LogP contribution is 2.26. The largest absolute Gasteiger partial charge is 0.330 e. The van der Waals surface area contributed by atoms with Crippen LogP contribution < -0.4 is 5.73 Å². The normalized spacial score (nSPS) is 12.9. The minimum absolute atomic E-state index is 0.532. The van der Waals surface area contributed by atoms with E-state index in [0.717, 1.165) is 24.9 Å². The molecule has 0 saturated heterocycles. The monoisotopic (exact) mass is 231 g/mol. The summed E-state index contributed by atoms with van der Waals surface area (Å²) in [4.78, 5) is 0. The third-order valence-electron chi connectivity index (χ3n) is 2.34. The molecule has 0 bridgehead atoms. The summed E-state index contributed by atoms with van der Waals surface area (Å²) in [6, 6.07) is 5.74. The summed E-state index contributed by atoms with van der Waals surface area (Å²) < 4.78 is 0. The van der Waals surface area contributed by atoms with Crippen molar-refractivity contribution < 1.29 is 0 Å². The van der Waals surface area contributed by atoms with Crippen LogP contribution in [0.4, 0.5) is 0 Å². The SMILES string of the molecule is CC(CN)CCc1cccc(Cl)c1Cl. The van der Waals surface area contributed by atoms with Gasteiger partial charge in [0.1, 0.15) is 0 Å². The molecule has 14 heavy (non-hydrogen) atoms. The van der Waals surface area contributed by atoms with Gasteiger partial charge >= 0.3 is 0 Å². The summed E-state index contributed by atoms with van der Waals surface area (Å²) in [5.74, 6) is 0.532. The Balaban J connectivity index is 2.63. The van der Waals surface area contributed by atoms with E-state index < -0.39 is 0 Å². The molecule has 0 aromatic heterocycles. The van der Waals surface area contributed by atoms with Gasteiger partial charge < -0.3 is 5.73 Å². The second kappa shape index (κ2) is 5.59. The van der Waals surface area contributed by atoms with Crippen LogP contribution in [0.2, 0.25) is 10.0 Å². The third kappa shape index (κ3) is 3.16. The Hall–Kier alpha value is -0.240. The first-order valence-corrected chi connectivity index (χ1v) is 5.53. The maximum absolute atomic E-state index is 6.06. The van der Waals surface area contributed by atoms with Crippen molar-refractivity contribution in [2.24, 2.45) is 11.7 Å². The summed E-state index contributed by atoms with van der Waals surface area (Å²) in [7, 11) is 0. The number of benzene rings is 1. The van der Waals surface area contributed by atoms with Crippen molar-refractivity contribution in [2.75, 3.05) is 6.54 Å². The van der Waals surface area contributed by atoms with Crippen molar-refractivity contribution in [3.8, 4) is 0 Å². The van der Waals surface area contributed by atoms with E-state index in [-0.39, 0.29) is 0 Å². The van der Waals surface area contributed by atoms with Crippen LogP contribution >= 0.6 is 23.2 Å². The molecule has 78 valence electrons. The Bertz CT molecular complexity index is 299. The van der Waals surface area contributed by atoms with Crippen LogP contribution in [0.3, 0.4) is 0 Å². The number of aryl methyl sites for hydroxylation is 1. The Morgan fingerprint density at radius 3 is 2.71 bits per heavy atom. The highest BCUT2D eigenvalue weighted by Gasteiger charge is 2.05. The molecule has 1 atom stereocenters. The number of hydrogen-bond donors (Lipinski definition) is 1. The molecule has 1 rings (SSSR count). The zero-order chi connectivity index (χ0) is 10.6. The molecule has 3 heteroatoms. The van der Waals surface area contributed by atoms with Crippen molar-refractivity contribution in [3.63, 3.8) is 0 Å². The highest BCUT2D eigenvalue weighted by atomic mass is 35.5. The predicted octanol–water partition coefficient (Wildman–Crippen LogP) is 3.52. The molecule has 0 fully saturated rings. The maximum atomic E-state index is 6.06. The molecule has 0 amide bonds. The van der Waals surface area contributed by atoms with Gasteiger partial charge in [-0.2, -0.15) is 0 Å². The Labute approximate surface area is 95.2 Å². The van der Waals surface area contributed by atoms with Crippen LogP contribution in [0, 0.1) is 5.92 Å². The van der Waals surface area contributed by atoms with Gasteiger partial charge in [-0.25, -0.2) is 0 Å². The quantitative estimate of drug-likeness (QED) is 0.844. The molecule has 1 aromatic carbocycles. The van der Waals surface area contributed by atoms with Crippen molar-refractivity contribution >= 4 is 23.2 Å². The molecule has 1 aromatic rings. The Kier molecular flexibility index (Phi) is 4.73. The van der Waals surface area contributed by atoms with Crippen LogP contribution in [0.15, 0.2) is 18.2 Å². The van der Waals surface area contributed by atoms with Crippen LogP contribution in [-0.4, -0.2) is 6.54 Å². The average Bonchev–Trinajstić information content (AvgIpc) is 2.20. The number of rotatable bonds is 4. The fourth-order valence-electron chi connectivity index (χ4n) is 1.26. The minimum Gasteiger partial charge on any atom is -0.330 e. The van der Waals surface area contributed by atoms with Gasteiger partial charge in [-0.3, -0.25) is 0 Å². The highest BCUT2D eigenvalue weighted by molar-refractivity contribution is 6.42. The molecule has 0 spiro atoms. The minimum atomic E-state index is 0.532.